The van der Waals surface area contributed by atoms with Gasteiger partial charge in [0.05, 0.1) is 6.26 Å². The van der Waals surface area contributed by atoms with Crippen molar-refractivity contribution < 1.29 is 8.81 Å². The van der Waals surface area contributed by atoms with Gasteiger partial charge >= 0.3 is 0 Å². The van der Waals surface area contributed by atoms with Gasteiger partial charge in [0.25, 0.3) is 0 Å². The summed E-state index contributed by atoms with van der Waals surface area (Å²) in [6.45, 7) is 2.89. The van der Waals surface area contributed by atoms with E-state index in [0.29, 0.717) is 18.9 Å². The van der Waals surface area contributed by atoms with Crippen LogP contribution in [0.5, 0.6) is 0 Å². The molecule has 0 bridgehead atoms. The maximum absolute atomic E-state index is 14.1. The SMILES string of the molecule is Fc1cccnc1N1CCC(NC(=NCCc2cccs2)NCCc2ccco2)C1.I. The van der Waals surface area contributed by atoms with Crippen molar-refractivity contribution in [3.05, 3.63) is 70.7 Å². The fourth-order valence-corrected chi connectivity index (χ4v) is 4.22. The number of furan rings is 1. The molecule has 166 valence electrons. The Morgan fingerprint density at radius 2 is 2.19 bits per heavy atom. The second-order valence-corrected chi connectivity index (χ2v) is 8.23. The van der Waals surface area contributed by atoms with E-state index in [9.17, 15) is 4.39 Å². The van der Waals surface area contributed by atoms with Gasteiger partial charge < -0.3 is 20.0 Å². The largest absolute Gasteiger partial charge is 0.469 e. The molecule has 2 N–H and O–H groups in total. The fourth-order valence-electron chi connectivity index (χ4n) is 3.52. The van der Waals surface area contributed by atoms with Gasteiger partial charge in [-0.3, -0.25) is 4.99 Å². The number of thiophene rings is 1. The number of hydrogen-bond acceptors (Lipinski definition) is 5. The summed E-state index contributed by atoms with van der Waals surface area (Å²) in [5.74, 6) is 1.87. The lowest BCUT2D eigenvalue weighted by Crippen LogP contribution is -2.45. The third kappa shape index (κ3) is 6.93. The molecule has 1 aliphatic rings. The van der Waals surface area contributed by atoms with Crippen molar-refractivity contribution in [2.75, 3.05) is 31.1 Å². The highest BCUT2D eigenvalue weighted by atomic mass is 127. The average Bonchev–Trinajstić information content (AvgIpc) is 3.52. The van der Waals surface area contributed by atoms with E-state index in [4.69, 9.17) is 9.41 Å². The predicted octanol–water partition coefficient (Wildman–Crippen LogP) is 4.09. The molecule has 0 radical (unpaired) electrons. The van der Waals surface area contributed by atoms with Gasteiger partial charge in [-0.1, -0.05) is 6.07 Å². The molecule has 0 amide bonds. The summed E-state index contributed by atoms with van der Waals surface area (Å²) >= 11 is 1.75. The molecule has 0 saturated carbocycles. The Balaban J connectivity index is 0.00000272. The minimum absolute atomic E-state index is 0. The van der Waals surface area contributed by atoms with E-state index in [1.54, 1.807) is 29.9 Å². The summed E-state index contributed by atoms with van der Waals surface area (Å²) in [4.78, 5) is 12.3. The quantitative estimate of drug-likeness (QED) is 0.249. The van der Waals surface area contributed by atoms with Gasteiger partial charge in [-0.05, 0) is 42.1 Å². The maximum Gasteiger partial charge on any atom is 0.191 e. The topological polar surface area (TPSA) is 65.7 Å². The van der Waals surface area contributed by atoms with Crippen LogP contribution in [-0.4, -0.2) is 43.2 Å². The van der Waals surface area contributed by atoms with Crippen molar-refractivity contribution in [1.29, 1.82) is 0 Å². The molecule has 3 aromatic rings. The van der Waals surface area contributed by atoms with Crippen molar-refractivity contribution in [2.24, 2.45) is 4.99 Å². The molecule has 1 atom stereocenters. The predicted molar refractivity (Wildman–Crippen MR) is 134 cm³/mol. The number of halogens is 2. The second-order valence-electron chi connectivity index (χ2n) is 7.20. The number of aromatic nitrogens is 1. The molecule has 3 aromatic heterocycles. The van der Waals surface area contributed by atoms with Crippen LogP contribution < -0.4 is 15.5 Å². The van der Waals surface area contributed by atoms with E-state index < -0.39 is 0 Å². The van der Waals surface area contributed by atoms with E-state index >= 15 is 0 Å². The molecule has 1 aliphatic heterocycles. The lowest BCUT2D eigenvalue weighted by atomic mass is 10.2. The molecule has 6 nitrogen and oxygen atoms in total. The van der Waals surface area contributed by atoms with Crippen LogP contribution in [0, 0.1) is 5.82 Å². The van der Waals surface area contributed by atoms with Crippen LogP contribution >= 0.6 is 35.3 Å². The number of nitrogens with zero attached hydrogens (tertiary/aromatic N) is 3. The van der Waals surface area contributed by atoms with Crippen LogP contribution in [0.2, 0.25) is 0 Å². The molecular weight excluding hydrogens is 528 g/mol. The van der Waals surface area contributed by atoms with Crippen LogP contribution in [0.1, 0.15) is 17.1 Å². The zero-order valence-corrected chi connectivity index (χ0v) is 20.3. The molecule has 0 spiro atoms. The highest BCUT2D eigenvalue weighted by Crippen LogP contribution is 2.20. The highest BCUT2D eigenvalue weighted by molar-refractivity contribution is 14.0. The van der Waals surface area contributed by atoms with Crippen molar-refractivity contribution in [2.45, 2.75) is 25.3 Å². The summed E-state index contributed by atoms with van der Waals surface area (Å²) < 4.78 is 19.5. The Morgan fingerprint density at radius 3 is 2.97 bits per heavy atom. The van der Waals surface area contributed by atoms with Crippen molar-refractivity contribution in [3.8, 4) is 0 Å². The van der Waals surface area contributed by atoms with Gasteiger partial charge in [0.2, 0.25) is 0 Å². The molecular formula is C22H27FIN5OS. The van der Waals surface area contributed by atoms with Gasteiger partial charge in [-0.25, -0.2) is 9.37 Å². The molecule has 0 aliphatic carbocycles. The van der Waals surface area contributed by atoms with Crippen LogP contribution in [0.3, 0.4) is 0 Å². The molecule has 1 fully saturated rings. The molecule has 31 heavy (non-hydrogen) atoms. The van der Waals surface area contributed by atoms with Crippen molar-refractivity contribution >= 4 is 47.1 Å². The van der Waals surface area contributed by atoms with Gasteiger partial charge in [0.1, 0.15) is 5.76 Å². The maximum atomic E-state index is 14.1. The van der Waals surface area contributed by atoms with E-state index in [0.717, 1.165) is 44.1 Å². The second kappa shape index (κ2) is 12.0. The standard InChI is InChI=1S/C22H26FN5OS.HI/c23-20-6-1-10-24-21(20)28-13-9-17(16-28)27-22(25-11-7-18-4-2-14-29-18)26-12-8-19-5-3-15-30-19;/h1-6,10,14-15,17H,7-9,11-13,16H2,(H2,25,26,27);1H. The number of guanidine groups is 1. The number of anilines is 1. The lowest BCUT2D eigenvalue weighted by Gasteiger charge is -2.20. The van der Waals surface area contributed by atoms with E-state index in [1.165, 1.54) is 10.9 Å². The van der Waals surface area contributed by atoms with Crippen LogP contribution in [-0.2, 0) is 12.8 Å². The van der Waals surface area contributed by atoms with Crippen LogP contribution in [0.25, 0.3) is 0 Å². The average molecular weight is 555 g/mol. The Morgan fingerprint density at radius 1 is 1.26 bits per heavy atom. The molecule has 4 heterocycles. The Bertz CT molecular complexity index is 935. The lowest BCUT2D eigenvalue weighted by molar-refractivity contribution is 0.506. The van der Waals surface area contributed by atoms with Gasteiger partial charge in [0.15, 0.2) is 17.6 Å². The number of hydrogen-bond donors (Lipinski definition) is 2. The number of aliphatic imine (C=N–C) groups is 1. The fraction of sp³-hybridized carbons (Fsp3) is 0.364. The smallest absolute Gasteiger partial charge is 0.191 e. The van der Waals surface area contributed by atoms with Crippen molar-refractivity contribution in [1.82, 2.24) is 15.6 Å². The van der Waals surface area contributed by atoms with Crippen molar-refractivity contribution in [3.63, 3.8) is 0 Å². The van der Waals surface area contributed by atoms with E-state index in [-0.39, 0.29) is 35.8 Å². The Kier molecular flexibility index (Phi) is 9.13. The van der Waals surface area contributed by atoms with Crippen LogP contribution in [0.4, 0.5) is 10.2 Å². The summed E-state index contributed by atoms with van der Waals surface area (Å²) in [5.41, 5.74) is 0. The summed E-state index contributed by atoms with van der Waals surface area (Å²) in [5, 5.41) is 9.01. The van der Waals surface area contributed by atoms with Gasteiger partial charge in [-0.2, -0.15) is 0 Å². The first-order valence-electron chi connectivity index (χ1n) is 10.2. The normalized spacial score (nSPS) is 16.2. The zero-order valence-electron chi connectivity index (χ0n) is 17.2. The summed E-state index contributed by atoms with van der Waals surface area (Å²) in [6, 6.07) is 11.3. The third-order valence-corrected chi connectivity index (χ3v) is 5.96. The summed E-state index contributed by atoms with van der Waals surface area (Å²) in [6.07, 6.45) is 5.92. The number of nitrogens with one attached hydrogen (secondary N) is 2. The van der Waals surface area contributed by atoms with Gasteiger partial charge in [0, 0.05) is 56.1 Å². The van der Waals surface area contributed by atoms with Crippen LogP contribution in [0.15, 0.2) is 63.6 Å². The molecule has 1 unspecified atom stereocenters. The van der Waals surface area contributed by atoms with E-state index in [1.807, 2.05) is 17.0 Å². The first-order valence-corrected chi connectivity index (χ1v) is 11.1. The third-order valence-electron chi connectivity index (χ3n) is 5.02. The molecule has 9 heteroatoms. The minimum atomic E-state index is -0.278. The molecule has 4 rings (SSSR count). The highest BCUT2D eigenvalue weighted by Gasteiger charge is 2.26. The Labute approximate surface area is 203 Å². The minimum Gasteiger partial charge on any atom is -0.469 e. The monoisotopic (exact) mass is 555 g/mol. The first kappa shape index (κ1) is 23.5. The zero-order chi connectivity index (χ0) is 20.6. The Hall–Kier alpha value is -2.14. The molecule has 0 aromatic carbocycles. The van der Waals surface area contributed by atoms with Gasteiger partial charge in [-0.15, -0.1) is 35.3 Å². The molecule has 1 saturated heterocycles. The van der Waals surface area contributed by atoms with E-state index in [2.05, 4.69) is 33.1 Å². The number of rotatable bonds is 8. The number of pyridine rings is 1. The summed E-state index contributed by atoms with van der Waals surface area (Å²) in [7, 11) is 0. The first-order chi connectivity index (χ1) is 14.8.